The predicted molar refractivity (Wildman–Crippen MR) is 33.0 cm³/mol. The molecule has 0 aliphatic carbocycles. The summed E-state index contributed by atoms with van der Waals surface area (Å²) in [5.41, 5.74) is -1.89. The first kappa shape index (κ1) is 20.6. The van der Waals surface area contributed by atoms with E-state index < -0.39 is 23.3 Å². The van der Waals surface area contributed by atoms with Crippen LogP contribution in [0.15, 0.2) is 0 Å². The molecule has 0 bridgehead atoms. The summed E-state index contributed by atoms with van der Waals surface area (Å²) in [4.78, 5) is 20.7. The predicted octanol–water partition coefficient (Wildman–Crippen LogP) is -7.84. The van der Waals surface area contributed by atoms with E-state index >= 15 is 0 Å². The van der Waals surface area contributed by atoms with Crippen molar-refractivity contribution in [3.05, 3.63) is 0 Å². The van der Waals surface area contributed by atoms with Gasteiger partial charge in [-0.2, -0.15) is 0 Å². The van der Waals surface area contributed by atoms with Gasteiger partial charge >= 0.3 is 103 Å². The fraction of sp³-hybridized carbons (Fsp3) is 0.714. The van der Waals surface area contributed by atoms with E-state index in [0.29, 0.717) is 0 Å². The summed E-state index contributed by atoms with van der Waals surface area (Å²) in [6, 6.07) is 0. The van der Waals surface area contributed by atoms with Crippen molar-refractivity contribution in [3.8, 4) is 0 Å². The Morgan fingerprint density at radius 1 is 1.08 bits per heavy atom. The average molecular weight is 236 g/mol. The van der Waals surface area contributed by atoms with Crippen molar-refractivity contribution < 1.29 is 123 Å². The maximum absolute atomic E-state index is 10.4. The van der Waals surface area contributed by atoms with Crippen LogP contribution in [0.5, 0.6) is 0 Å². The zero-order valence-corrected chi connectivity index (χ0v) is 15.0. The normalized spacial score (nSPS) is 9.85. The minimum atomic E-state index is -1.89. The number of rotatable bonds is 3. The second kappa shape index (κ2) is 8.37. The third-order valence-corrected chi connectivity index (χ3v) is 2.00. The van der Waals surface area contributed by atoms with Crippen LogP contribution in [-0.2, 0) is 9.59 Å². The maximum Gasteiger partial charge on any atom is 1.00 e. The number of hydrogen-bond donors (Lipinski definition) is 0. The van der Waals surface area contributed by atoms with E-state index in [2.05, 4.69) is 0 Å². The van der Waals surface area contributed by atoms with Crippen molar-refractivity contribution in [2.45, 2.75) is 20.8 Å². The summed E-state index contributed by atoms with van der Waals surface area (Å²) in [5, 5.41) is 20.7. The van der Waals surface area contributed by atoms with Crippen LogP contribution in [0.4, 0.5) is 0 Å². The fourth-order valence-corrected chi connectivity index (χ4v) is 0.555. The molecule has 0 aromatic carbocycles. The molecule has 0 amide bonds. The van der Waals surface area contributed by atoms with Crippen molar-refractivity contribution in [2.24, 2.45) is 11.3 Å². The summed E-state index contributed by atoms with van der Waals surface area (Å²) in [7, 11) is 0. The van der Waals surface area contributed by atoms with Gasteiger partial charge in [-0.1, -0.05) is 13.8 Å². The Bertz CT molecular complexity index is 177. The number of carbonyl (C=O) groups is 2. The quantitative estimate of drug-likeness (QED) is 0.360. The molecule has 0 aliphatic rings. The molecule has 0 heterocycles. The Balaban J connectivity index is -0.000000500. The largest absolute Gasteiger partial charge is 1.00 e. The zero-order valence-electron chi connectivity index (χ0n) is 8.71. The van der Waals surface area contributed by atoms with E-state index in [9.17, 15) is 19.8 Å². The molecular weight excluding hydrogens is 226 g/mol. The van der Waals surface area contributed by atoms with Gasteiger partial charge in [-0.05, 0) is 12.8 Å². The Hall–Kier alpha value is 2.21. The van der Waals surface area contributed by atoms with Crippen LogP contribution in [0.25, 0.3) is 0 Å². The van der Waals surface area contributed by atoms with Crippen molar-refractivity contribution in [1.29, 1.82) is 0 Å². The van der Waals surface area contributed by atoms with Crippen LogP contribution in [0, 0.1) is 11.3 Å². The summed E-state index contributed by atoms with van der Waals surface area (Å²) in [6.07, 6.45) is 0. The molecule has 0 aromatic heterocycles. The van der Waals surface area contributed by atoms with Gasteiger partial charge in [-0.3, -0.25) is 0 Å². The fourth-order valence-electron chi connectivity index (χ4n) is 0.555. The topological polar surface area (TPSA) is 80.3 Å². The molecule has 0 aromatic rings. The van der Waals surface area contributed by atoms with Gasteiger partial charge in [0.15, 0.2) is 0 Å². The van der Waals surface area contributed by atoms with Crippen LogP contribution in [0.1, 0.15) is 20.8 Å². The zero-order chi connectivity index (χ0) is 9.23. The van der Waals surface area contributed by atoms with Gasteiger partial charge in [0.05, 0.1) is 11.9 Å². The molecule has 0 fully saturated rings. The van der Waals surface area contributed by atoms with Crippen LogP contribution in [0.2, 0.25) is 0 Å². The Labute approximate surface area is 163 Å². The SMILES string of the molecule is CC(C)C(C)(C(=O)[O-])C(=O)[O-].[K+].[K+]. The van der Waals surface area contributed by atoms with Gasteiger partial charge in [0.25, 0.3) is 0 Å². The molecule has 0 N–H and O–H groups in total. The third kappa shape index (κ3) is 5.19. The molecule has 0 aliphatic heterocycles. The molecule has 13 heavy (non-hydrogen) atoms. The van der Waals surface area contributed by atoms with Crippen molar-refractivity contribution in [1.82, 2.24) is 0 Å². The minimum absolute atomic E-state index is 0. The van der Waals surface area contributed by atoms with E-state index in [1.165, 1.54) is 13.8 Å². The van der Waals surface area contributed by atoms with Crippen LogP contribution in [-0.4, -0.2) is 11.9 Å². The summed E-state index contributed by atoms with van der Waals surface area (Å²) in [5.74, 6) is -3.75. The molecule has 6 heteroatoms. The Morgan fingerprint density at radius 3 is 1.31 bits per heavy atom. The van der Waals surface area contributed by atoms with Gasteiger partial charge in [-0.15, -0.1) is 0 Å². The first-order valence-electron chi connectivity index (χ1n) is 3.26. The molecular formula is C7H10K2O4. The van der Waals surface area contributed by atoms with E-state index in [-0.39, 0.29) is 103 Å². The van der Waals surface area contributed by atoms with E-state index in [1.807, 2.05) is 0 Å². The molecule has 0 saturated heterocycles. The second-order valence-electron chi connectivity index (χ2n) is 2.93. The second-order valence-corrected chi connectivity index (χ2v) is 2.93. The van der Waals surface area contributed by atoms with Gasteiger partial charge in [0.2, 0.25) is 0 Å². The van der Waals surface area contributed by atoms with Gasteiger partial charge < -0.3 is 19.8 Å². The van der Waals surface area contributed by atoms with Gasteiger partial charge in [-0.25, -0.2) is 0 Å². The molecule has 4 nitrogen and oxygen atoms in total. The smallest absolute Gasteiger partial charge is 0.549 e. The van der Waals surface area contributed by atoms with Crippen molar-refractivity contribution in [2.75, 3.05) is 0 Å². The Morgan fingerprint density at radius 2 is 1.31 bits per heavy atom. The van der Waals surface area contributed by atoms with E-state index in [4.69, 9.17) is 0 Å². The summed E-state index contributed by atoms with van der Waals surface area (Å²) in [6.45, 7) is 4.07. The maximum atomic E-state index is 10.4. The average Bonchev–Trinajstić information content (AvgIpc) is 1.84. The number of carbonyl (C=O) groups excluding carboxylic acids is 2. The van der Waals surface area contributed by atoms with Gasteiger partial charge in [0.1, 0.15) is 0 Å². The molecule has 0 spiro atoms. The van der Waals surface area contributed by atoms with Crippen molar-refractivity contribution in [3.63, 3.8) is 0 Å². The summed E-state index contributed by atoms with van der Waals surface area (Å²) >= 11 is 0. The molecule has 0 radical (unpaired) electrons. The van der Waals surface area contributed by atoms with Crippen LogP contribution in [0.3, 0.4) is 0 Å². The van der Waals surface area contributed by atoms with Crippen LogP contribution >= 0.6 is 0 Å². The molecule has 0 unspecified atom stereocenters. The molecule has 64 valence electrons. The van der Waals surface area contributed by atoms with Crippen LogP contribution < -0.4 is 113 Å². The molecule has 0 rings (SSSR count). The first-order valence-corrected chi connectivity index (χ1v) is 3.26. The number of carboxylic acids is 2. The third-order valence-electron chi connectivity index (χ3n) is 2.00. The number of carboxylic acid groups (broad SMARTS) is 2. The van der Waals surface area contributed by atoms with E-state index in [0.717, 1.165) is 6.92 Å². The minimum Gasteiger partial charge on any atom is -0.549 e. The van der Waals surface area contributed by atoms with Crippen molar-refractivity contribution >= 4 is 11.9 Å². The standard InChI is InChI=1S/C7H12O4.2K/c1-4(2)7(3,5(8)9)6(10)11;;/h4H,1-3H3,(H,8,9)(H,10,11);;/q;2*+1/p-2. The summed E-state index contributed by atoms with van der Waals surface area (Å²) < 4.78 is 0. The first-order chi connectivity index (χ1) is 4.83. The monoisotopic (exact) mass is 236 g/mol. The number of hydrogen-bond acceptors (Lipinski definition) is 4. The van der Waals surface area contributed by atoms with E-state index in [1.54, 1.807) is 0 Å². The Kier molecular flexibility index (Phi) is 13.3. The van der Waals surface area contributed by atoms with Gasteiger partial charge in [0, 0.05) is 5.41 Å². The molecule has 0 atom stereocenters. The molecule has 0 saturated carbocycles. The number of aliphatic carboxylic acids is 2.